The first-order chi connectivity index (χ1) is 4.14. The molecule has 1 aliphatic heterocycles. The van der Waals surface area contributed by atoms with Gasteiger partial charge in [-0.3, -0.25) is 0 Å². The van der Waals surface area contributed by atoms with Crippen LogP contribution < -0.4 is 0 Å². The predicted octanol–water partition coefficient (Wildman–Crippen LogP) is 2.16. The Labute approximate surface area is 59.0 Å². The van der Waals surface area contributed by atoms with Crippen LogP contribution in [0.25, 0.3) is 0 Å². The fraction of sp³-hybridized carbons (Fsp3) is 0.333. The Bertz CT molecular complexity index is 236. The van der Waals surface area contributed by atoms with E-state index in [4.69, 9.17) is 6.42 Å². The van der Waals surface area contributed by atoms with E-state index in [1.54, 1.807) is 12.5 Å². The average molecular weight is 158 g/mol. The lowest BCUT2D eigenvalue weighted by molar-refractivity contribution is 0.593. The molecule has 1 nitrogen and oxygen atoms in total. The highest BCUT2D eigenvalue weighted by Crippen LogP contribution is 2.61. The number of hydrogen-bond acceptors (Lipinski definition) is 2. The van der Waals surface area contributed by atoms with Gasteiger partial charge < -0.3 is 4.57 Å². The molecular weight excluding hydrogens is 151 g/mol. The smallest absolute Gasteiger partial charge is 0.158 e. The second kappa shape index (κ2) is 2.25. The monoisotopic (exact) mass is 158 g/mol. The summed E-state index contributed by atoms with van der Waals surface area (Å²) in [5.41, 5.74) is 0.880. The van der Waals surface area contributed by atoms with Crippen LogP contribution in [0.1, 0.15) is 0 Å². The highest BCUT2D eigenvalue weighted by Gasteiger charge is 2.20. The van der Waals surface area contributed by atoms with Gasteiger partial charge in [-0.15, -0.1) is 6.42 Å². The molecule has 0 fully saturated rings. The van der Waals surface area contributed by atoms with Gasteiger partial charge >= 0.3 is 0 Å². The first-order valence-corrected chi connectivity index (χ1v) is 6.35. The third-order valence-corrected chi connectivity index (χ3v) is 5.03. The maximum Gasteiger partial charge on any atom is 0.158 e. The van der Waals surface area contributed by atoms with Gasteiger partial charge in [-0.1, -0.05) is 17.3 Å². The highest BCUT2D eigenvalue weighted by molar-refractivity contribution is 8.59. The fourth-order valence-corrected chi connectivity index (χ4v) is 3.92. The van der Waals surface area contributed by atoms with E-state index in [9.17, 15) is 4.57 Å². The molecule has 0 amide bonds. The third kappa shape index (κ3) is 1.64. The van der Waals surface area contributed by atoms with Gasteiger partial charge in [0.25, 0.3) is 0 Å². The first-order valence-electron chi connectivity index (χ1n) is 2.54. The minimum Gasteiger partial charge on any atom is -0.308 e. The zero-order valence-electron chi connectivity index (χ0n) is 5.13. The third-order valence-electron chi connectivity index (χ3n) is 1.05. The zero-order chi connectivity index (χ0) is 6.91. The lowest BCUT2D eigenvalue weighted by atomic mass is 10.4. The SMILES string of the molecule is C#CC1=CP(C)(=O)SC1. The molecule has 0 saturated heterocycles. The van der Waals surface area contributed by atoms with Crippen LogP contribution in [0.5, 0.6) is 0 Å². The molecular formula is C6H7OPS. The fourth-order valence-electron chi connectivity index (χ4n) is 0.634. The summed E-state index contributed by atoms with van der Waals surface area (Å²) in [6.07, 6.45) is 3.10. The van der Waals surface area contributed by atoms with Gasteiger partial charge in [-0.2, -0.15) is 0 Å². The van der Waals surface area contributed by atoms with E-state index in [1.165, 1.54) is 11.4 Å². The molecule has 1 rings (SSSR count). The number of hydrogen-bond donors (Lipinski definition) is 0. The normalized spacial score (nSPS) is 33.6. The van der Waals surface area contributed by atoms with E-state index in [2.05, 4.69) is 5.92 Å². The summed E-state index contributed by atoms with van der Waals surface area (Å²) in [4.78, 5) is 0. The highest BCUT2D eigenvalue weighted by atomic mass is 32.7. The van der Waals surface area contributed by atoms with Crippen LogP contribution in [-0.4, -0.2) is 12.4 Å². The minimum absolute atomic E-state index is 0.754. The van der Waals surface area contributed by atoms with Crippen molar-refractivity contribution < 1.29 is 4.57 Å². The van der Waals surface area contributed by atoms with Crippen molar-refractivity contribution in [1.82, 2.24) is 0 Å². The van der Waals surface area contributed by atoms with Crippen LogP contribution in [0.3, 0.4) is 0 Å². The Morgan fingerprint density at radius 3 is 2.89 bits per heavy atom. The van der Waals surface area contributed by atoms with E-state index >= 15 is 0 Å². The Kier molecular flexibility index (Phi) is 1.75. The van der Waals surface area contributed by atoms with Crippen LogP contribution in [0.4, 0.5) is 0 Å². The molecule has 1 heterocycles. The molecule has 0 N–H and O–H groups in total. The molecule has 48 valence electrons. The number of rotatable bonds is 0. The van der Waals surface area contributed by atoms with Gasteiger partial charge in [0.2, 0.25) is 0 Å². The van der Waals surface area contributed by atoms with Gasteiger partial charge in [0.1, 0.15) is 0 Å². The largest absolute Gasteiger partial charge is 0.308 e. The summed E-state index contributed by atoms with van der Waals surface area (Å²) < 4.78 is 11.2. The maximum atomic E-state index is 11.2. The van der Waals surface area contributed by atoms with E-state index in [-0.39, 0.29) is 0 Å². The molecule has 0 saturated carbocycles. The molecule has 0 aromatic heterocycles. The summed E-state index contributed by atoms with van der Waals surface area (Å²) >= 11 is 1.45. The molecule has 0 spiro atoms. The van der Waals surface area contributed by atoms with Crippen LogP contribution in [0.2, 0.25) is 0 Å². The van der Waals surface area contributed by atoms with Crippen molar-refractivity contribution >= 4 is 17.7 Å². The van der Waals surface area contributed by atoms with E-state index in [0.717, 1.165) is 11.3 Å². The second-order valence-electron chi connectivity index (χ2n) is 1.98. The van der Waals surface area contributed by atoms with Crippen molar-refractivity contribution in [2.24, 2.45) is 0 Å². The number of terminal acetylenes is 1. The van der Waals surface area contributed by atoms with Crippen molar-refractivity contribution in [2.75, 3.05) is 12.4 Å². The van der Waals surface area contributed by atoms with E-state index in [0.29, 0.717) is 0 Å². The standard InChI is InChI=1S/C6H7OPS/c1-3-6-4-8(2,7)9-5-6/h1,4H,5H2,2H3. The lowest BCUT2D eigenvalue weighted by Gasteiger charge is -1.93. The van der Waals surface area contributed by atoms with Crippen molar-refractivity contribution in [2.45, 2.75) is 0 Å². The molecule has 0 radical (unpaired) electrons. The Balaban J connectivity index is 2.88. The van der Waals surface area contributed by atoms with E-state index in [1.807, 2.05) is 0 Å². The summed E-state index contributed by atoms with van der Waals surface area (Å²) in [6, 6.07) is 0. The van der Waals surface area contributed by atoms with Crippen LogP contribution in [0, 0.1) is 12.3 Å². The molecule has 1 aliphatic rings. The molecule has 1 unspecified atom stereocenters. The summed E-state index contributed by atoms with van der Waals surface area (Å²) in [5, 5.41) is 0. The molecule has 1 atom stereocenters. The van der Waals surface area contributed by atoms with Crippen molar-refractivity contribution in [1.29, 1.82) is 0 Å². The van der Waals surface area contributed by atoms with Crippen LogP contribution in [-0.2, 0) is 4.57 Å². The summed E-state index contributed by atoms with van der Waals surface area (Å²) in [6.45, 7) is 1.74. The van der Waals surface area contributed by atoms with Gasteiger partial charge in [-0.05, 0) is 5.82 Å². The average Bonchev–Trinajstić information content (AvgIpc) is 2.10. The van der Waals surface area contributed by atoms with E-state index < -0.39 is 6.34 Å². The van der Waals surface area contributed by atoms with Crippen molar-refractivity contribution in [3.8, 4) is 12.3 Å². The summed E-state index contributed by atoms with van der Waals surface area (Å²) in [5.74, 6) is 4.96. The minimum atomic E-state index is -2.00. The first kappa shape index (κ1) is 6.99. The van der Waals surface area contributed by atoms with Crippen LogP contribution in [0.15, 0.2) is 11.4 Å². The predicted molar refractivity (Wildman–Crippen MR) is 42.9 cm³/mol. The molecule has 9 heavy (non-hydrogen) atoms. The molecule has 0 aliphatic carbocycles. The Morgan fingerprint density at radius 1 is 2.00 bits per heavy atom. The van der Waals surface area contributed by atoms with Gasteiger partial charge in [0, 0.05) is 18.0 Å². The van der Waals surface area contributed by atoms with Gasteiger partial charge in [0.15, 0.2) is 6.34 Å². The molecule has 0 bridgehead atoms. The maximum absolute atomic E-state index is 11.2. The molecule has 3 heteroatoms. The van der Waals surface area contributed by atoms with Crippen molar-refractivity contribution in [3.05, 3.63) is 11.4 Å². The quantitative estimate of drug-likeness (QED) is 0.397. The Hall–Kier alpha value is -0.120. The Morgan fingerprint density at radius 2 is 2.67 bits per heavy atom. The second-order valence-corrected chi connectivity index (χ2v) is 7.55. The summed E-state index contributed by atoms with van der Waals surface area (Å²) in [7, 11) is 0. The van der Waals surface area contributed by atoms with Crippen LogP contribution >= 0.6 is 17.7 Å². The molecule has 0 aromatic carbocycles. The molecule has 0 aromatic rings. The van der Waals surface area contributed by atoms with Crippen molar-refractivity contribution in [3.63, 3.8) is 0 Å². The van der Waals surface area contributed by atoms with Gasteiger partial charge in [0.05, 0.1) is 0 Å². The zero-order valence-corrected chi connectivity index (χ0v) is 6.84. The van der Waals surface area contributed by atoms with Gasteiger partial charge in [-0.25, -0.2) is 0 Å². The lowest BCUT2D eigenvalue weighted by Crippen LogP contribution is -1.70. The topological polar surface area (TPSA) is 17.1 Å².